The van der Waals surface area contributed by atoms with Crippen molar-refractivity contribution in [2.45, 2.75) is 52.9 Å². The van der Waals surface area contributed by atoms with Crippen molar-refractivity contribution in [2.24, 2.45) is 5.41 Å². The number of fused-ring (bicyclic) bond motifs is 1. The zero-order chi connectivity index (χ0) is 12.5. The molecular weight excluding hydrogens is 232 g/mol. The number of thiazole rings is 1. The van der Waals surface area contributed by atoms with Gasteiger partial charge in [-0.1, -0.05) is 20.8 Å². The third kappa shape index (κ3) is 3.53. The maximum Gasteiger partial charge on any atom is 0.226 e. The van der Waals surface area contributed by atoms with Gasteiger partial charge in [0.15, 0.2) is 5.13 Å². The highest BCUT2D eigenvalue weighted by atomic mass is 32.1. The number of carbonyl (C=O) groups excluding carboxylic acids is 1. The summed E-state index contributed by atoms with van der Waals surface area (Å²) in [4.78, 5) is 17.7. The first-order valence-electron chi connectivity index (χ1n) is 6.22. The quantitative estimate of drug-likeness (QED) is 0.876. The molecule has 0 saturated carbocycles. The van der Waals surface area contributed by atoms with Crippen LogP contribution in [0, 0.1) is 5.41 Å². The van der Waals surface area contributed by atoms with Crippen LogP contribution in [0.1, 0.15) is 50.6 Å². The second kappa shape index (κ2) is 4.77. The molecule has 1 aromatic rings. The summed E-state index contributed by atoms with van der Waals surface area (Å²) in [5.74, 6) is 0.0728. The summed E-state index contributed by atoms with van der Waals surface area (Å²) < 4.78 is 0. The standard InChI is InChI=1S/C13H20N2OS/c1-13(2,3)8-11(16)15-12-14-9-6-4-5-7-10(9)17-12/h4-8H2,1-3H3,(H,14,15,16). The van der Waals surface area contributed by atoms with Crippen molar-refractivity contribution in [1.29, 1.82) is 0 Å². The van der Waals surface area contributed by atoms with Crippen molar-refractivity contribution >= 4 is 22.4 Å². The van der Waals surface area contributed by atoms with E-state index in [2.05, 4.69) is 31.1 Å². The van der Waals surface area contributed by atoms with E-state index in [1.165, 1.54) is 23.4 Å². The molecule has 4 heteroatoms. The van der Waals surface area contributed by atoms with Crippen LogP contribution < -0.4 is 5.32 Å². The van der Waals surface area contributed by atoms with Crippen LogP contribution in [0.15, 0.2) is 0 Å². The number of hydrogen-bond acceptors (Lipinski definition) is 3. The van der Waals surface area contributed by atoms with Gasteiger partial charge in [-0.3, -0.25) is 4.79 Å². The van der Waals surface area contributed by atoms with Crippen molar-refractivity contribution in [2.75, 3.05) is 5.32 Å². The molecular formula is C13H20N2OS. The molecule has 0 fully saturated rings. The first-order chi connectivity index (χ1) is 7.94. The van der Waals surface area contributed by atoms with Crippen molar-refractivity contribution in [3.63, 3.8) is 0 Å². The Morgan fingerprint density at radius 2 is 2.06 bits per heavy atom. The summed E-state index contributed by atoms with van der Waals surface area (Å²) in [5.41, 5.74) is 1.23. The molecule has 0 atom stereocenters. The lowest BCUT2D eigenvalue weighted by atomic mass is 9.92. The summed E-state index contributed by atoms with van der Waals surface area (Å²) in [5, 5.41) is 3.71. The highest BCUT2D eigenvalue weighted by molar-refractivity contribution is 7.15. The Morgan fingerprint density at radius 1 is 1.35 bits per heavy atom. The Morgan fingerprint density at radius 3 is 2.71 bits per heavy atom. The monoisotopic (exact) mass is 252 g/mol. The number of hydrogen-bond donors (Lipinski definition) is 1. The van der Waals surface area contributed by atoms with E-state index in [0.29, 0.717) is 6.42 Å². The molecule has 2 rings (SSSR count). The predicted molar refractivity (Wildman–Crippen MR) is 71.5 cm³/mol. The molecule has 0 spiro atoms. The smallest absolute Gasteiger partial charge is 0.226 e. The Bertz CT molecular complexity index is 394. The number of amides is 1. The van der Waals surface area contributed by atoms with E-state index >= 15 is 0 Å². The lowest BCUT2D eigenvalue weighted by Gasteiger charge is -2.16. The molecule has 94 valence electrons. The van der Waals surface area contributed by atoms with Crippen molar-refractivity contribution < 1.29 is 4.79 Å². The van der Waals surface area contributed by atoms with Crippen LogP contribution in [0.25, 0.3) is 0 Å². The van der Waals surface area contributed by atoms with Crippen LogP contribution in [0.3, 0.4) is 0 Å². The Labute approximate surface area is 107 Å². The molecule has 0 unspecified atom stereocenters. The van der Waals surface area contributed by atoms with Crippen molar-refractivity contribution in [3.05, 3.63) is 10.6 Å². The molecule has 1 aliphatic carbocycles. The van der Waals surface area contributed by atoms with E-state index in [4.69, 9.17) is 0 Å². The summed E-state index contributed by atoms with van der Waals surface area (Å²) in [6.07, 6.45) is 5.22. The van der Waals surface area contributed by atoms with E-state index in [1.54, 1.807) is 11.3 Å². The second-order valence-electron chi connectivity index (χ2n) is 5.88. The number of carbonyl (C=O) groups is 1. The summed E-state index contributed by atoms with van der Waals surface area (Å²) in [6, 6.07) is 0. The van der Waals surface area contributed by atoms with Crippen molar-refractivity contribution in [3.8, 4) is 0 Å². The van der Waals surface area contributed by atoms with Crippen LogP contribution in [-0.4, -0.2) is 10.9 Å². The minimum Gasteiger partial charge on any atom is -0.302 e. The molecule has 1 amide bonds. The molecule has 1 N–H and O–H groups in total. The lowest BCUT2D eigenvalue weighted by molar-refractivity contribution is -0.117. The van der Waals surface area contributed by atoms with E-state index in [-0.39, 0.29) is 11.3 Å². The maximum absolute atomic E-state index is 11.8. The number of anilines is 1. The molecule has 0 bridgehead atoms. The fourth-order valence-electron chi connectivity index (χ4n) is 2.05. The fraction of sp³-hybridized carbons (Fsp3) is 0.692. The first kappa shape index (κ1) is 12.6. The maximum atomic E-state index is 11.8. The largest absolute Gasteiger partial charge is 0.302 e. The van der Waals surface area contributed by atoms with Crippen LogP contribution >= 0.6 is 11.3 Å². The van der Waals surface area contributed by atoms with Crippen LogP contribution in [0.2, 0.25) is 0 Å². The van der Waals surface area contributed by atoms with E-state index in [0.717, 1.165) is 18.0 Å². The third-order valence-electron chi connectivity index (χ3n) is 2.78. The molecule has 1 aromatic heterocycles. The van der Waals surface area contributed by atoms with Crippen molar-refractivity contribution in [1.82, 2.24) is 4.98 Å². The molecule has 3 nitrogen and oxygen atoms in total. The molecule has 17 heavy (non-hydrogen) atoms. The molecule has 1 aliphatic rings. The normalized spacial score (nSPS) is 15.5. The minimum atomic E-state index is 0.0287. The van der Waals surface area contributed by atoms with Crippen LogP contribution in [0.4, 0.5) is 5.13 Å². The van der Waals surface area contributed by atoms with Gasteiger partial charge < -0.3 is 5.32 Å². The van der Waals surface area contributed by atoms with Gasteiger partial charge in [0.2, 0.25) is 5.91 Å². The predicted octanol–water partition coefficient (Wildman–Crippen LogP) is 3.40. The highest BCUT2D eigenvalue weighted by Crippen LogP contribution is 2.30. The summed E-state index contributed by atoms with van der Waals surface area (Å²) >= 11 is 1.65. The fourth-order valence-corrected chi connectivity index (χ4v) is 3.12. The third-order valence-corrected chi connectivity index (χ3v) is 3.86. The van der Waals surface area contributed by atoms with Gasteiger partial charge in [0.05, 0.1) is 5.69 Å². The Hall–Kier alpha value is -0.900. The first-order valence-corrected chi connectivity index (χ1v) is 7.04. The Balaban J connectivity index is 1.99. The van der Waals surface area contributed by atoms with Crippen LogP contribution in [-0.2, 0) is 17.6 Å². The summed E-state index contributed by atoms with van der Waals surface area (Å²) in [7, 11) is 0. The van der Waals surface area contributed by atoms with E-state index < -0.39 is 0 Å². The summed E-state index contributed by atoms with van der Waals surface area (Å²) in [6.45, 7) is 6.21. The van der Waals surface area contributed by atoms with E-state index in [1.807, 2.05) is 0 Å². The SMILES string of the molecule is CC(C)(C)CC(=O)Nc1nc2c(s1)CCCC2. The van der Waals surface area contributed by atoms with Crippen LogP contribution in [0.5, 0.6) is 0 Å². The molecule has 0 saturated heterocycles. The zero-order valence-electron chi connectivity index (χ0n) is 10.8. The van der Waals surface area contributed by atoms with Gasteiger partial charge in [0, 0.05) is 11.3 Å². The Kier molecular flexibility index (Phi) is 3.52. The van der Waals surface area contributed by atoms with Gasteiger partial charge >= 0.3 is 0 Å². The van der Waals surface area contributed by atoms with E-state index in [9.17, 15) is 4.79 Å². The lowest BCUT2D eigenvalue weighted by Crippen LogP contribution is -2.19. The number of aromatic nitrogens is 1. The van der Waals surface area contributed by atoms with Gasteiger partial charge in [-0.05, 0) is 31.1 Å². The highest BCUT2D eigenvalue weighted by Gasteiger charge is 2.19. The molecule has 0 aromatic carbocycles. The number of nitrogens with one attached hydrogen (secondary N) is 1. The molecule has 1 heterocycles. The van der Waals surface area contributed by atoms with Gasteiger partial charge in [-0.25, -0.2) is 4.98 Å². The average molecular weight is 252 g/mol. The number of nitrogens with zero attached hydrogens (tertiary/aromatic N) is 1. The molecule has 0 radical (unpaired) electrons. The van der Waals surface area contributed by atoms with Gasteiger partial charge in [0.25, 0.3) is 0 Å². The van der Waals surface area contributed by atoms with Gasteiger partial charge in [-0.15, -0.1) is 11.3 Å². The minimum absolute atomic E-state index is 0.0287. The van der Waals surface area contributed by atoms with Gasteiger partial charge in [0.1, 0.15) is 0 Å². The zero-order valence-corrected chi connectivity index (χ0v) is 11.6. The second-order valence-corrected chi connectivity index (χ2v) is 6.97. The topological polar surface area (TPSA) is 42.0 Å². The average Bonchev–Trinajstić information content (AvgIpc) is 2.55. The number of aryl methyl sites for hydroxylation is 2. The molecule has 0 aliphatic heterocycles. The van der Waals surface area contributed by atoms with Gasteiger partial charge in [-0.2, -0.15) is 0 Å². The number of rotatable bonds is 2.